The number of carbonyl (C=O) groups is 1. The highest BCUT2D eigenvalue weighted by Crippen LogP contribution is 2.27. The van der Waals surface area contributed by atoms with Gasteiger partial charge in [0, 0.05) is 12.3 Å². The summed E-state index contributed by atoms with van der Waals surface area (Å²) in [5.41, 5.74) is 7.42. The monoisotopic (exact) mass is 276 g/mol. The Morgan fingerprint density at radius 1 is 1.30 bits per heavy atom. The van der Waals surface area contributed by atoms with Crippen molar-refractivity contribution in [3.8, 4) is 0 Å². The minimum Gasteiger partial charge on any atom is -0.396 e. The van der Waals surface area contributed by atoms with E-state index in [0.29, 0.717) is 0 Å². The number of carbonyl (C=O) groups excluding carboxylic acids is 1. The van der Waals surface area contributed by atoms with Crippen molar-refractivity contribution in [2.75, 3.05) is 11.9 Å². The summed E-state index contributed by atoms with van der Waals surface area (Å²) in [4.78, 5) is 12.3. The number of nitrogens with two attached hydrogens (primary N) is 1. The number of hydrogen-bond acceptors (Lipinski definition) is 3. The van der Waals surface area contributed by atoms with Crippen molar-refractivity contribution in [3.05, 3.63) is 29.8 Å². The van der Waals surface area contributed by atoms with E-state index in [1.807, 2.05) is 24.3 Å². The van der Waals surface area contributed by atoms with Gasteiger partial charge in [-0.05, 0) is 43.4 Å². The van der Waals surface area contributed by atoms with Crippen LogP contribution in [-0.2, 0) is 11.2 Å². The van der Waals surface area contributed by atoms with Crippen LogP contribution in [0.2, 0.25) is 0 Å². The van der Waals surface area contributed by atoms with Crippen LogP contribution < -0.4 is 11.1 Å². The van der Waals surface area contributed by atoms with E-state index in [2.05, 4.69) is 5.32 Å². The lowest BCUT2D eigenvalue weighted by molar-refractivity contribution is -0.122. The predicted molar refractivity (Wildman–Crippen MR) is 80.5 cm³/mol. The Labute approximate surface area is 120 Å². The first-order chi connectivity index (χ1) is 9.64. The second kappa shape index (κ2) is 6.86. The molecule has 1 aliphatic rings. The van der Waals surface area contributed by atoms with Crippen LogP contribution in [0.1, 0.15) is 44.1 Å². The maximum absolute atomic E-state index is 12.3. The number of amides is 1. The Kier molecular flexibility index (Phi) is 5.15. The first-order valence-corrected chi connectivity index (χ1v) is 7.44. The van der Waals surface area contributed by atoms with E-state index in [1.165, 1.54) is 6.42 Å². The molecule has 1 saturated carbocycles. The van der Waals surface area contributed by atoms with Crippen molar-refractivity contribution in [3.63, 3.8) is 0 Å². The standard InChI is InChI=1S/C16H24N2O2/c17-16(9-2-1-3-10-16)15(20)18-14-8-4-6-13(12-14)7-5-11-19/h4,6,8,12,19H,1-3,5,7,9-11,17H2,(H,18,20). The average molecular weight is 276 g/mol. The van der Waals surface area contributed by atoms with Crippen molar-refractivity contribution in [2.24, 2.45) is 5.73 Å². The number of aliphatic hydroxyl groups excluding tert-OH is 1. The normalized spacial score (nSPS) is 17.7. The van der Waals surface area contributed by atoms with Crippen LogP contribution in [0.4, 0.5) is 5.69 Å². The molecule has 4 N–H and O–H groups in total. The highest BCUT2D eigenvalue weighted by molar-refractivity contribution is 5.98. The van der Waals surface area contributed by atoms with Crippen LogP contribution in [0.25, 0.3) is 0 Å². The molecule has 4 nitrogen and oxygen atoms in total. The number of rotatable bonds is 5. The third kappa shape index (κ3) is 3.81. The van der Waals surface area contributed by atoms with Gasteiger partial charge in [-0.25, -0.2) is 0 Å². The molecule has 0 saturated heterocycles. The van der Waals surface area contributed by atoms with E-state index >= 15 is 0 Å². The number of nitrogens with one attached hydrogen (secondary N) is 1. The maximum atomic E-state index is 12.3. The molecule has 0 heterocycles. The largest absolute Gasteiger partial charge is 0.396 e. The van der Waals surface area contributed by atoms with Crippen molar-refractivity contribution in [1.82, 2.24) is 0 Å². The summed E-state index contributed by atoms with van der Waals surface area (Å²) in [6.45, 7) is 0.183. The third-order valence-electron chi connectivity index (χ3n) is 4.01. The number of aryl methyl sites for hydroxylation is 1. The van der Waals surface area contributed by atoms with Gasteiger partial charge in [0.25, 0.3) is 0 Å². The summed E-state index contributed by atoms with van der Waals surface area (Å²) in [6.07, 6.45) is 6.31. The Morgan fingerprint density at radius 2 is 2.05 bits per heavy atom. The van der Waals surface area contributed by atoms with E-state index in [4.69, 9.17) is 10.8 Å². The van der Waals surface area contributed by atoms with Crippen molar-refractivity contribution < 1.29 is 9.90 Å². The number of benzene rings is 1. The third-order valence-corrected chi connectivity index (χ3v) is 4.01. The van der Waals surface area contributed by atoms with Crippen LogP contribution in [0.5, 0.6) is 0 Å². The molecule has 0 spiro atoms. The van der Waals surface area contributed by atoms with Gasteiger partial charge in [-0.3, -0.25) is 4.79 Å². The lowest BCUT2D eigenvalue weighted by Gasteiger charge is -2.31. The SMILES string of the molecule is NC1(C(=O)Nc2cccc(CCCO)c2)CCCCC1. The van der Waals surface area contributed by atoms with E-state index in [0.717, 1.165) is 49.8 Å². The first-order valence-electron chi connectivity index (χ1n) is 7.44. The Balaban J connectivity index is 2.00. The summed E-state index contributed by atoms with van der Waals surface area (Å²) in [5, 5.41) is 11.8. The Hall–Kier alpha value is -1.39. The Morgan fingerprint density at radius 3 is 2.75 bits per heavy atom. The smallest absolute Gasteiger partial charge is 0.244 e. The molecular formula is C16H24N2O2. The van der Waals surface area contributed by atoms with Crippen molar-refractivity contribution in [1.29, 1.82) is 0 Å². The first kappa shape index (κ1) is 15.0. The van der Waals surface area contributed by atoms with E-state index in [9.17, 15) is 4.79 Å². The van der Waals surface area contributed by atoms with Crippen LogP contribution in [0.3, 0.4) is 0 Å². The fourth-order valence-electron chi connectivity index (χ4n) is 2.75. The zero-order valence-electron chi connectivity index (χ0n) is 11.9. The molecule has 0 bridgehead atoms. The summed E-state index contributed by atoms with van der Waals surface area (Å²) in [6, 6.07) is 7.77. The quantitative estimate of drug-likeness (QED) is 0.772. The van der Waals surface area contributed by atoms with Gasteiger partial charge in [0.2, 0.25) is 5.91 Å². The maximum Gasteiger partial charge on any atom is 0.244 e. The lowest BCUT2D eigenvalue weighted by atomic mass is 9.82. The number of anilines is 1. The summed E-state index contributed by atoms with van der Waals surface area (Å²) >= 11 is 0. The summed E-state index contributed by atoms with van der Waals surface area (Å²) < 4.78 is 0. The van der Waals surface area contributed by atoms with E-state index in [1.54, 1.807) is 0 Å². The molecule has 1 aromatic carbocycles. The zero-order valence-corrected chi connectivity index (χ0v) is 11.9. The molecule has 0 radical (unpaired) electrons. The highest BCUT2D eigenvalue weighted by atomic mass is 16.2. The van der Waals surface area contributed by atoms with Crippen LogP contribution in [0.15, 0.2) is 24.3 Å². The fraction of sp³-hybridized carbons (Fsp3) is 0.562. The average Bonchev–Trinajstić information content (AvgIpc) is 2.46. The predicted octanol–water partition coefficient (Wildman–Crippen LogP) is 2.21. The van der Waals surface area contributed by atoms with E-state index < -0.39 is 5.54 Å². The highest BCUT2D eigenvalue weighted by Gasteiger charge is 2.35. The van der Waals surface area contributed by atoms with Crippen LogP contribution >= 0.6 is 0 Å². The molecular weight excluding hydrogens is 252 g/mol. The van der Waals surface area contributed by atoms with Gasteiger partial charge < -0.3 is 16.2 Å². The summed E-state index contributed by atoms with van der Waals surface area (Å²) in [7, 11) is 0. The molecule has 0 unspecified atom stereocenters. The van der Waals surface area contributed by atoms with Gasteiger partial charge in [-0.1, -0.05) is 31.4 Å². The molecule has 110 valence electrons. The van der Waals surface area contributed by atoms with Gasteiger partial charge >= 0.3 is 0 Å². The molecule has 4 heteroatoms. The zero-order chi connectivity index (χ0) is 14.4. The fourth-order valence-corrected chi connectivity index (χ4v) is 2.75. The lowest BCUT2D eigenvalue weighted by Crippen LogP contribution is -2.52. The Bertz CT molecular complexity index is 454. The van der Waals surface area contributed by atoms with Gasteiger partial charge in [-0.15, -0.1) is 0 Å². The van der Waals surface area contributed by atoms with Gasteiger partial charge in [0.15, 0.2) is 0 Å². The summed E-state index contributed by atoms with van der Waals surface area (Å²) in [5.74, 6) is -0.0727. The van der Waals surface area contributed by atoms with Gasteiger partial charge in [0.05, 0.1) is 5.54 Å². The minimum atomic E-state index is -0.709. The second-order valence-electron chi connectivity index (χ2n) is 5.70. The topological polar surface area (TPSA) is 75.4 Å². The van der Waals surface area contributed by atoms with Crippen LogP contribution in [0, 0.1) is 0 Å². The van der Waals surface area contributed by atoms with Gasteiger partial charge in [-0.2, -0.15) is 0 Å². The molecule has 1 aromatic rings. The minimum absolute atomic E-state index is 0.0727. The molecule has 1 aliphatic carbocycles. The molecule has 1 fully saturated rings. The number of aliphatic hydroxyl groups is 1. The second-order valence-corrected chi connectivity index (χ2v) is 5.70. The molecule has 0 aliphatic heterocycles. The molecule has 2 rings (SSSR count). The molecule has 1 amide bonds. The molecule has 0 aromatic heterocycles. The molecule has 20 heavy (non-hydrogen) atoms. The molecule has 0 atom stereocenters. The van der Waals surface area contributed by atoms with Crippen molar-refractivity contribution in [2.45, 2.75) is 50.5 Å². The van der Waals surface area contributed by atoms with E-state index in [-0.39, 0.29) is 12.5 Å². The van der Waals surface area contributed by atoms with Crippen LogP contribution in [-0.4, -0.2) is 23.2 Å². The van der Waals surface area contributed by atoms with Gasteiger partial charge in [0.1, 0.15) is 0 Å². The number of hydrogen-bond donors (Lipinski definition) is 3. The van der Waals surface area contributed by atoms with Crippen molar-refractivity contribution >= 4 is 11.6 Å².